The lowest BCUT2D eigenvalue weighted by atomic mass is 10.1. The molecule has 0 radical (unpaired) electrons. The number of benzene rings is 1. The summed E-state index contributed by atoms with van der Waals surface area (Å²) in [7, 11) is -2.68. The summed E-state index contributed by atoms with van der Waals surface area (Å²) in [5.41, 5.74) is 1.43. The number of anilines is 1. The van der Waals surface area contributed by atoms with Crippen LogP contribution in [0.25, 0.3) is 23.3 Å². The molecular formula is C28H34ClN5O6SSi. The number of sulfonamides is 1. The second-order valence-corrected chi connectivity index (χ2v) is 18.7. The molecule has 0 fully saturated rings. The molecule has 0 aliphatic rings. The Hall–Kier alpha value is -3.81. The van der Waals surface area contributed by atoms with E-state index in [-0.39, 0.29) is 30.5 Å². The van der Waals surface area contributed by atoms with E-state index in [0.717, 1.165) is 6.26 Å². The molecule has 0 atom stereocenters. The largest absolute Gasteiger partial charge is 0.516 e. The van der Waals surface area contributed by atoms with Gasteiger partial charge in [-0.3, -0.25) is 9.55 Å². The number of rotatable bonds is 13. The van der Waals surface area contributed by atoms with Crippen LogP contribution in [0.1, 0.15) is 11.3 Å². The molecule has 0 amide bonds. The number of ether oxygens (including phenoxy) is 2. The summed E-state index contributed by atoms with van der Waals surface area (Å²) in [5.74, 6) is 1.30. The summed E-state index contributed by atoms with van der Waals surface area (Å²) in [5, 5.41) is 18.5. The van der Waals surface area contributed by atoms with Crippen molar-refractivity contribution in [2.24, 2.45) is 0 Å². The fourth-order valence-corrected chi connectivity index (χ4v) is 6.94. The van der Waals surface area contributed by atoms with Gasteiger partial charge in [-0.1, -0.05) is 37.3 Å². The summed E-state index contributed by atoms with van der Waals surface area (Å²) in [4.78, 5) is 4.32. The zero-order valence-electron chi connectivity index (χ0n) is 24.1. The fourth-order valence-electron chi connectivity index (χ4n) is 4.31. The SMILES string of the molecule is COc1cccc(OC)c1-n1c(-c2ccco2)nnc1N(CC[Si](C)(C)C)S(=O)(=O)CCc1ncc(Cl)cc1/C=C/O. The number of pyridine rings is 1. The van der Waals surface area contributed by atoms with Crippen LogP contribution in [0.5, 0.6) is 11.5 Å². The molecule has 3 aromatic heterocycles. The van der Waals surface area contributed by atoms with Crippen LogP contribution in [0.2, 0.25) is 30.7 Å². The average molecular weight is 632 g/mol. The first-order valence-corrected chi connectivity index (χ1v) is 18.8. The fraction of sp³-hybridized carbons (Fsp3) is 0.321. The number of aliphatic hydroxyl groups is 1. The third-order valence-electron chi connectivity index (χ3n) is 6.46. The Labute approximate surface area is 251 Å². The van der Waals surface area contributed by atoms with E-state index in [2.05, 4.69) is 34.8 Å². The van der Waals surface area contributed by atoms with Gasteiger partial charge >= 0.3 is 0 Å². The van der Waals surface area contributed by atoms with Gasteiger partial charge in [0.15, 0.2) is 5.76 Å². The van der Waals surface area contributed by atoms with Crippen LogP contribution in [-0.2, 0) is 16.4 Å². The highest BCUT2D eigenvalue weighted by Crippen LogP contribution is 2.39. The molecule has 0 bridgehead atoms. The van der Waals surface area contributed by atoms with Crippen molar-refractivity contribution in [3.63, 3.8) is 0 Å². The molecule has 0 saturated heterocycles. The van der Waals surface area contributed by atoms with Crippen LogP contribution in [0, 0.1) is 0 Å². The lowest BCUT2D eigenvalue weighted by molar-refractivity contribution is 0.391. The molecule has 3 heterocycles. The maximum atomic E-state index is 14.2. The van der Waals surface area contributed by atoms with Gasteiger partial charge in [0.05, 0.1) is 37.5 Å². The summed E-state index contributed by atoms with van der Waals surface area (Å²) in [6.07, 6.45) is 5.31. The Balaban J connectivity index is 1.88. The van der Waals surface area contributed by atoms with Crippen molar-refractivity contribution in [2.45, 2.75) is 32.1 Å². The first-order chi connectivity index (χ1) is 20.0. The van der Waals surface area contributed by atoms with Crippen molar-refractivity contribution >= 4 is 41.7 Å². The molecule has 11 nitrogen and oxygen atoms in total. The lowest BCUT2D eigenvalue weighted by Crippen LogP contribution is -2.39. The van der Waals surface area contributed by atoms with Crippen molar-refractivity contribution in [3.05, 3.63) is 71.4 Å². The molecule has 1 N–H and O–H groups in total. The maximum Gasteiger partial charge on any atom is 0.246 e. The first kappa shape index (κ1) is 31.1. The second kappa shape index (κ2) is 13.0. The van der Waals surface area contributed by atoms with Crippen molar-refractivity contribution in [2.75, 3.05) is 30.8 Å². The Bertz CT molecular complexity index is 1630. The van der Waals surface area contributed by atoms with Gasteiger partial charge < -0.3 is 19.0 Å². The highest BCUT2D eigenvalue weighted by Gasteiger charge is 2.33. The quantitative estimate of drug-likeness (QED) is 0.143. The van der Waals surface area contributed by atoms with E-state index in [4.69, 9.17) is 25.5 Å². The smallest absolute Gasteiger partial charge is 0.246 e. The second-order valence-electron chi connectivity index (χ2n) is 10.6. The van der Waals surface area contributed by atoms with Gasteiger partial charge in [-0.15, -0.1) is 10.2 Å². The number of halogens is 1. The van der Waals surface area contributed by atoms with Crippen molar-refractivity contribution in [1.29, 1.82) is 0 Å². The summed E-state index contributed by atoms with van der Waals surface area (Å²) >= 11 is 6.08. The molecule has 42 heavy (non-hydrogen) atoms. The van der Waals surface area contributed by atoms with E-state index >= 15 is 0 Å². The predicted molar refractivity (Wildman–Crippen MR) is 166 cm³/mol. The molecule has 1 aromatic carbocycles. The van der Waals surface area contributed by atoms with E-state index in [1.165, 1.54) is 37.1 Å². The number of aliphatic hydroxyl groups excluding tert-OH is 1. The Morgan fingerprint density at radius 2 is 1.83 bits per heavy atom. The highest BCUT2D eigenvalue weighted by atomic mass is 35.5. The topological polar surface area (TPSA) is 133 Å². The maximum absolute atomic E-state index is 14.2. The number of aromatic nitrogens is 4. The zero-order chi connectivity index (χ0) is 30.5. The number of furan rings is 1. The first-order valence-electron chi connectivity index (χ1n) is 13.2. The van der Waals surface area contributed by atoms with E-state index in [1.54, 1.807) is 41.0 Å². The van der Waals surface area contributed by atoms with Gasteiger partial charge in [0.1, 0.15) is 17.2 Å². The summed E-state index contributed by atoms with van der Waals surface area (Å²) < 4.78 is 48.3. The Kier molecular flexibility index (Phi) is 9.64. The van der Waals surface area contributed by atoms with Crippen LogP contribution in [-0.4, -0.2) is 67.9 Å². The van der Waals surface area contributed by atoms with Gasteiger partial charge in [-0.05, 0) is 42.5 Å². The van der Waals surface area contributed by atoms with Gasteiger partial charge in [-0.25, -0.2) is 12.7 Å². The van der Waals surface area contributed by atoms with Gasteiger partial charge in [-0.2, -0.15) is 0 Å². The molecule has 4 aromatic rings. The monoisotopic (exact) mass is 631 g/mol. The van der Waals surface area contributed by atoms with Crippen LogP contribution < -0.4 is 13.8 Å². The van der Waals surface area contributed by atoms with Crippen LogP contribution in [0.15, 0.2) is 59.5 Å². The van der Waals surface area contributed by atoms with Crippen molar-refractivity contribution < 1.29 is 27.4 Å². The summed E-state index contributed by atoms with van der Waals surface area (Å²) in [6.45, 7) is 6.70. The van der Waals surface area contributed by atoms with Gasteiger partial charge in [0.2, 0.25) is 21.8 Å². The molecule has 0 saturated carbocycles. The summed E-state index contributed by atoms with van der Waals surface area (Å²) in [6, 6.07) is 11.0. The van der Waals surface area contributed by atoms with Crippen molar-refractivity contribution in [3.8, 4) is 28.8 Å². The third kappa shape index (κ3) is 6.97. The van der Waals surface area contributed by atoms with E-state index in [9.17, 15) is 13.5 Å². The number of hydrogen-bond donors (Lipinski definition) is 1. The van der Waals surface area contributed by atoms with E-state index in [0.29, 0.717) is 45.3 Å². The van der Waals surface area contributed by atoms with Crippen LogP contribution in [0.3, 0.4) is 0 Å². The molecular weight excluding hydrogens is 598 g/mol. The number of methoxy groups -OCH3 is 2. The number of para-hydroxylation sites is 1. The molecule has 0 unspecified atom stereocenters. The van der Waals surface area contributed by atoms with Gasteiger partial charge in [0, 0.05) is 38.5 Å². The molecule has 0 aliphatic heterocycles. The highest BCUT2D eigenvalue weighted by molar-refractivity contribution is 7.92. The number of hydrogen-bond acceptors (Lipinski definition) is 9. The Morgan fingerprint density at radius 1 is 1.12 bits per heavy atom. The minimum absolute atomic E-state index is 0.0692. The minimum Gasteiger partial charge on any atom is -0.516 e. The lowest BCUT2D eigenvalue weighted by Gasteiger charge is -2.27. The Morgan fingerprint density at radius 3 is 2.43 bits per heavy atom. The zero-order valence-corrected chi connectivity index (χ0v) is 26.7. The molecule has 4 rings (SSSR count). The number of nitrogens with zero attached hydrogens (tertiary/aromatic N) is 5. The van der Waals surface area contributed by atoms with E-state index in [1.807, 2.05) is 0 Å². The van der Waals surface area contributed by atoms with Gasteiger partial charge in [0.25, 0.3) is 0 Å². The molecule has 0 aliphatic carbocycles. The van der Waals surface area contributed by atoms with E-state index < -0.39 is 18.1 Å². The van der Waals surface area contributed by atoms with Crippen LogP contribution in [0.4, 0.5) is 5.95 Å². The molecule has 0 spiro atoms. The third-order valence-corrected chi connectivity index (χ3v) is 10.1. The van der Waals surface area contributed by atoms with Crippen molar-refractivity contribution in [1.82, 2.24) is 19.7 Å². The standard InChI is InChI=1S/C28H34ClN5O6SSi/c1-38-23-8-6-9-24(39-2)26(23)34-27(25-10-7-15-40-25)31-32-28(34)33(13-17-42(3,4)5)41(36,37)16-12-22-20(11-14-35)18-21(29)19-30-22/h6-11,14-15,18-19,35H,12-13,16-17H2,1-5H3/b14-11+. The molecule has 14 heteroatoms. The normalized spacial score (nSPS) is 12.1. The average Bonchev–Trinajstić information content (AvgIpc) is 3.62. The minimum atomic E-state index is -4.00. The van der Waals surface area contributed by atoms with Crippen LogP contribution >= 0.6 is 11.6 Å². The number of aryl methyl sites for hydroxylation is 1. The predicted octanol–water partition coefficient (Wildman–Crippen LogP) is 5.84. The molecule has 224 valence electrons.